The van der Waals surface area contributed by atoms with Crippen LogP contribution in [0.3, 0.4) is 0 Å². The first-order valence-electron chi connectivity index (χ1n) is 7.00. The molecule has 2 rings (SSSR count). The zero-order valence-corrected chi connectivity index (χ0v) is 13.1. The van der Waals surface area contributed by atoms with Crippen LogP contribution in [0, 0.1) is 5.41 Å². The van der Waals surface area contributed by atoms with Gasteiger partial charge in [0.05, 0.1) is 0 Å². The molecule has 1 nitrogen and oxygen atoms in total. The van der Waals surface area contributed by atoms with Crippen molar-refractivity contribution in [2.24, 2.45) is 5.41 Å². The molecule has 0 amide bonds. The van der Waals surface area contributed by atoms with Crippen molar-refractivity contribution in [1.82, 2.24) is 5.32 Å². The van der Waals surface area contributed by atoms with Crippen molar-refractivity contribution >= 4 is 23.5 Å². The van der Waals surface area contributed by atoms with Crippen molar-refractivity contribution in [3.8, 4) is 0 Å². The lowest BCUT2D eigenvalue weighted by atomic mass is 9.81. The number of nitrogens with one attached hydrogen (secondary N) is 1. The minimum absolute atomic E-state index is 0.492. The average molecular weight is 274 g/mol. The fraction of sp³-hybridized carbons (Fsp3) is 1.00. The van der Waals surface area contributed by atoms with Crippen LogP contribution in [-0.2, 0) is 0 Å². The van der Waals surface area contributed by atoms with Gasteiger partial charge >= 0.3 is 0 Å². The van der Waals surface area contributed by atoms with Crippen molar-refractivity contribution < 1.29 is 0 Å². The fourth-order valence-corrected chi connectivity index (χ4v) is 5.60. The molecule has 1 aliphatic heterocycles. The van der Waals surface area contributed by atoms with Crippen LogP contribution < -0.4 is 5.32 Å². The summed E-state index contributed by atoms with van der Waals surface area (Å²) < 4.78 is 0. The summed E-state index contributed by atoms with van der Waals surface area (Å²) in [6.45, 7) is 4.89. The van der Waals surface area contributed by atoms with Crippen LogP contribution >= 0.6 is 23.5 Å². The fourth-order valence-electron chi connectivity index (χ4n) is 3.04. The van der Waals surface area contributed by atoms with Crippen LogP contribution in [0.15, 0.2) is 0 Å². The Morgan fingerprint density at radius 3 is 2.71 bits per heavy atom. The van der Waals surface area contributed by atoms with Crippen molar-refractivity contribution in [2.45, 2.75) is 63.3 Å². The monoisotopic (exact) mass is 273 g/mol. The highest BCUT2D eigenvalue weighted by Gasteiger charge is 2.35. The Bertz CT molecular complexity index is 242. The van der Waals surface area contributed by atoms with Crippen LogP contribution in [0.1, 0.15) is 46.0 Å². The maximum absolute atomic E-state index is 4.01. The van der Waals surface area contributed by atoms with Gasteiger partial charge in [-0.3, -0.25) is 0 Å². The van der Waals surface area contributed by atoms with E-state index in [0.29, 0.717) is 5.41 Å². The molecule has 1 saturated carbocycles. The van der Waals surface area contributed by atoms with Gasteiger partial charge in [-0.2, -0.15) is 23.5 Å². The molecule has 0 bridgehead atoms. The minimum Gasteiger partial charge on any atom is -0.309 e. The van der Waals surface area contributed by atoms with Crippen LogP contribution in [0.4, 0.5) is 0 Å². The topological polar surface area (TPSA) is 12.0 Å². The third kappa shape index (κ3) is 3.57. The largest absolute Gasteiger partial charge is 0.309 e. The highest BCUT2D eigenvalue weighted by atomic mass is 32.2. The Hall–Kier alpha value is 0.660. The average Bonchev–Trinajstić information content (AvgIpc) is 2.32. The van der Waals surface area contributed by atoms with E-state index < -0.39 is 0 Å². The predicted octanol–water partition coefficient (Wildman–Crippen LogP) is 3.78. The summed E-state index contributed by atoms with van der Waals surface area (Å²) in [5.41, 5.74) is 0.492. The molecule has 0 aromatic carbocycles. The van der Waals surface area contributed by atoms with E-state index in [2.05, 4.69) is 48.9 Å². The zero-order valence-electron chi connectivity index (χ0n) is 11.5. The van der Waals surface area contributed by atoms with Gasteiger partial charge in [0, 0.05) is 23.1 Å². The summed E-state index contributed by atoms with van der Waals surface area (Å²) in [6, 6.07) is 1.49. The Labute approximate surface area is 115 Å². The molecular weight excluding hydrogens is 246 g/mol. The molecule has 2 fully saturated rings. The van der Waals surface area contributed by atoms with Gasteiger partial charge in [0.25, 0.3) is 0 Å². The van der Waals surface area contributed by atoms with Crippen molar-refractivity contribution in [1.29, 1.82) is 0 Å². The lowest BCUT2D eigenvalue weighted by Gasteiger charge is -2.43. The summed E-state index contributed by atoms with van der Waals surface area (Å²) in [4.78, 5) is 0. The third-order valence-corrected chi connectivity index (χ3v) is 6.77. The second kappa shape index (κ2) is 6.21. The van der Waals surface area contributed by atoms with E-state index in [9.17, 15) is 0 Å². The molecule has 3 heteroatoms. The van der Waals surface area contributed by atoms with Crippen molar-refractivity contribution in [3.05, 3.63) is 0 Å². The molecule has 0 spiro atoms. The summed E-state index contributed by atoms with van der Waals surface area (Å²) in [6.07, 6.45) is 9.32. The molecule has 1 heterocycles. The van der Waals surface area contributed by atoms with Gasteiger partial charge < -0.3 is 5.32 Å². The van der Waals surface area contributed by atoms with E-state index in [1.807, 2.05) is 0 Å². The molecule has 17 heavy (non-hydrogen) atoms. The summed E-state index contributed by atoms with van der Waals surface area (Å²) in [7, 11) is 0. The van der Waals surface area contributed by atoms with E-state index in [1.165, 1.54) is 43.6 Å². The maximum atomic E-state index is 4.01. The van der Waals surface area contributed by atoms with Gasteiger partial charge in [0.2, 0.25) is 0 Å². The smallest absolute Gasteiger partial charge is 0.0212 e. The number of hydrogen-bond acceptors (Lipinski definition) is 3. The molecule has 0 radical (unpaired) electrons. The normalized spacial score (nSPS) is 37.9. The molecular formula is C14H27NS2. The molecule has 1 saturated heterocycles. The Kier molecular flexibility index (Phi) is 5.14. The standard InChI is InChI=1S/C14H27NS2/c1-14(2)8-9-17-10-13(14)15-11-6-4-5-7-12(11)16-3/h11-13,15H,4-10H2,1-3H3. The molecule has 3 unspecified atom stereocenters. The van der Waals surface area contributed by atoms with Crippen LogP contribution in [-0.4, -0.2) is 35.1 Å². The molecule has 3 atom stereocenters. The van der Waals surface area contributed by atoms with Gasteiger partial charge in [0.1, 0.15) is 0 Å². The maximum Gasteiger partial charge on any atom is 0.0212 e. The van der Waals surface area contributed by atoms with Gasteiger partial charge in [-0.05, 0) is 36.7 Å². The number of rotatable bonds is 3. The van der Waals surface area contributed by atoms with E-state index in [0.717, 1.165) is 17.3 Å². The van der Waals surface area contributed by atoms with E-state index >= 15 is 0 Å². The Balaban J connectivity index is 1.93. The lowest BCUT2D eigenvalue weighted by Crippen LogP contribution is -2.54. The summed E-state index contributed by atoms with van der Waals surface area (Å²) in [5.74, 6) is 2.66. The van der Waals surface area contributed by atoms with Gasteiger partial charge in [0.15, 0.2) is 0 Å². The first kappa shape index (κ1) is 14.1. The molecule has 0 aromatic heterocycles. The summed E-state index contributed by atoms with van der Waals surface area (Å²) in [5, 5.41) is 4.86. The van der Waals surface area contributed by atoms with Gasteiger partial charge in [-0.25, -0.2) is 0 Å². The Morgan fingerprint density at radius 2 is 2.00 bits per heavy atom. The number of thioether (sulfide) groups is 2. The molecule has 100 valence electrons. The lowest BCUT2D eigenvalue weighted by molar-refractivity contribution is 0.213. The Morgan fingerprint density at radius 1 is 1.24 bits per heavy atom. The zero-order chi connectivity index (χ0) is 12.3. The van der Waals surface area contributed by atoms with E-state index in [4.69, 9.17) is 0 Å². The highest BCUT2D eigenvalue weighted by molar-refractivity contribution is 7.99. The van der Waals surface area contributed by atoms with E-state index in [-0.39, 0.29) is 0 Å². The van der Waals surface area contributed by atoms with Crippen LogP contribution in [0.2, 0.25) is 0 Å². The quantitative estimate of drug-likeness (QED) is 0.840. The predicted molar refractivity (Wildman–Crippen MR) is 82.2 cm³/mol. The SMILES string of the molecule is CSC1CCCCC1NC1CSCCC1(C)C. The van der Waals surface area contributed by atoms with E-state index in [1.54, 1.807) is 0 Å². The molecule has 1 aliphatic carbocycles. The second-order valence-corrected chi connectivity index (χ2v) is 8.42. The van der Waals surface area contributed by atoms with Crippen molar-refractivity contribution in [2.75, 3.05) is 17.8 Å². The van der Waals surface area contributed by atoms with Gasteiger partial charge in [-0.15, -0.1) is 0 Å². The first-order valence-corrected chi connectivity index (χ1v) is 9.44. The van der Waals surface area contributed by atoms with Gasteiger partial charge in [-0.1, -0.05) is 26.7 Å². The third-order valence-electron chi connectivity index (χ3n) is 4.54. The van der Waals surface area contributed by atoms with Crippen LogP contribution in [0.5, 0.6) is 0 Å². The number of hydrogen-bond donors (Lipinski definition) is 1. The molecule has 1 N–H and O–H groups in total. The second-order valence-electron chi connectivity index (χ2n) is 6.20. The van der Waals surface area contributed by atoms with Crippen molar-refractivity contribution in [3.63, 3.8) is 0 Å². The summed E-state index contributed by atoms with van der Waals surface area (Å²) >= 11 is 4.21. The molecule has 0 aromatic rings. The molecule has 2 aliphatic rings. The first-order chi connectivity index (χ1) is 8.13. The highest BCUT2D eigenvalue weighted by Crippen LogP contribution is 2.36. The minimum atomic E-state index is 0.492. The van der Waals surface area contributed by atoms with Crippen LogP contribution in [0.25, 0.3) is 0 Å².